The van der Waals surface area contributed by atoms with Crippen molar-refractivity contribution < 1.29 is 22.4 Å². The monoisotopic (exact) mass is 417 g/mol. The lowest BCUT2D eigenvalue weighted by Gasteiger charge is -2.26. The number of carbonyl (C=O) groups is 1. The first kappa shape index (κ1) is 21.7. The Morgan fingerprint density at radius 2 is 1.97 bits per heavy atom. The summed E-state index contributed by atoms with van der Waals surface area (Å²) in [4.78, 5) is 14.5. The first-order valence-corrected chi connectivity index (χ1v) is 9.76. The Morgan fingerprint density at radius 1 is 1.20 bits per heavy atom. The molecule has 1 aromatic carbocycles. The van der Waals surface area contributed by atoms with E-state index < -0.39 is 17.6 Å². The van der Waals surface area contributed by atoms with Crippen molar-refractivity contribution in [3.63, 3.8) is 0 Å². The average Bonchev–Trinajstić information content (AvgIpc) is 3.21. The lowest BCUT2D eigenvalue weighted by molar-refractivity contribution is -0.137. The molecule has 2 heterocycles. The summed E-state index contributed by atoms with van der Waals surface area (Å²) in [6.45, 7) is 3.19. The third-order valence-corrected chi connectivity index (χ3v) is 4.92. The highest BCUT2D eigenvalue weighted by molar-refractivity contribution is 6.01. The van der Waals surface area contributed by atoms with E-state index >= 15 is 0 Å². The number of piperidine rings is 1. The van der Waals surface area contributed by atoms with Crippen LogP contribution in [0.5, 0.6) is 0 Å². The number of likely N-dealkylation sites (tertiary alicyclic amines) is 1. The van der Waals surface area contributed by atoms with Crippen LogP contribution in [0.25, 0.3) is 17.4 Å². The van der Waals surface area contributed by atoms with E-state index in [1.54, 1.807) is 0 Å². The van der Waals surface area contributed by atoms with Gasteiger partial charge in [-0.25, -0.2) is 0 Å². The number of nitriles is 1. The quantitative estimate of drug-likeness (QED) is 0.556. The number of nitrogens with one attached hydrogen (secondary N) is 1. The van der Waals surface area contributed by atoms with Crippen molar-refractivity contribution in [1.29, 1.82) is 5.26 Å². The molecule has 0 bridgehead atoms. The smallest absolute Gasteiger partial charge is 0.416 e. The number of nitrogens with zero attached hydrogens (tertiary/aromatic N) is 2. The van der Waals surface area contributed by atoms with Crippen LogP contribution in [0.3, 0.4) is 0 Å². The summed E-state index contributed by atoms with van der Waals surface area (Å²) in [6.07, 6.45) is 0.378. The molecule has 0 spiro atoms. The lowest BCUT2D eigenvalue weighted by Crippen LogP contribution is -2.37. The topological polar surface area (TPSA) is 69.3 Å². The van der Waals surface area contributed by atoms with Gasteiger partial charge in [-0.1, -0.05) is 18.6 Å². The molecule has 0 aliphatic carbocycles. The van der Waals surface area contributed by atoms with Crippen LogP contribution in [0.2, 0.25) is 0 Å². The number of carbonyl (C=O) groups excluding carboxylic acids is 1. The van der Waals surface area contributed by atoms with Crippen LogP contribution in [0.4, 0.5) is 13.2 Å². The molecule has 1 amide bonds. The largest absolute Gasteiger partial charge is 0.457 e. The van der Waals surface area contributed by atoms with Crippen molar-refractivity contribution in [3.05, 3.63) is 53.3 Å². The third-order valence-electron chi connectivity index (χ3n) is 4.92. The molecule has 1 saturated heterocycles. The molecule has 0 radical (unpaired) electrons. The molecule has 1 aliphatic rings. The molecule has 1 aliphatic heterocycles. The Hall–Kier alpha value is -3.05. The molecule has 1 aromatic heterocycles. The van der Waals surface area contributed by atoms with Gasteiger partial charge in [0, 0.05) is 24.7 Å². The summed E-state index contributed by atoms with van der Waals surface area (Å²) in [5.41, 5.74) is -0.646. The molecule has 0 unspecified atom stereocenters. The third kappa shape index (κ3) is 5.74. The molecule has 0 saturated carbocycles. The molecule has 1 fully saturated rings. The number of hydrogen-bond acceptors (Lipinski definition) is 4. The van der Waals surface area contributed by atoms with Crippen LogP contribution in [0, 0.1) is 11.3 Å². The highest BCUT2D eigenvalue weighted by Gasteiger charge is 2.30. The van der Waals surface area contributed by atoms with Gasteiger partial charge < -0.3 is 14.6 Å². The highest BCUT2D eigenvalue weighted by atomic mass is 19.4. The fraction of sp³-hybridized carbons (Fsp3) is 0.364. The normalized spacial score (nSPS) is 15.6. The van der Waals surface area contributed by atoms with Gasteiger partial charge in [-0.15, -0.1) is 0 Å². The fourth-order valence-electron chi connectivity index (χ4n) is 3.33. The number of hydrogen-bond donors (Lipinski definition) is 1. The van der Waals surface area contributed by atoms with Crippen LogP contribution >= 0.6 is 0 Å². The van der Waals surface area contributed by atoms with E-state index in [1.165, 1.54) is 36.8 Å². The molecular weight excluding hydrogens is 395 g/mol. The summed E-state index contributed by atoms with van der Waals surface area (Å²) in [7, 11) is 0. The second kappa shape index (κ2) is 9.63. The zero-order valence-corrected chi connectivity index (χ0v) is 16.3. The molecular formula is C22H22F3N3O2. The summed E-state index contributed by atoms with van der Waals surface area (Å²) < 4.78 is 44.2. The summed E-state index contributed by atoms with van der Waals surface area (Å²) in [5.74, 6) is -0.0770. The van der Waals surface area contributed by atoms with Crippen molar-refractivity contribution in [2.24, 2.45) is 0 Å². The number of furan rings is 1. The van der Waals surface area contributed by atoms with E-state index in [0.717, 1.165) is 44.6 Å². The van der Waals surface area contributed by atoms with E-state index in [4.69, 9.17) is 4.42 Å². The van der Waals surface area contributed by atoms with E-state index in [1.807, 2.05) is 6.07 Å². The Kier molecular flexibility index (Phi) is 6.95. The van der Waals surface area contributed by atoms with Gasteiger partial charge in [-0.05, 0) is 50.2 Å². The predicted molar refractivity (Wildman–Crippen MR) is 106 cm³/mol. The van der Waals surface area contributed by atoms with Crippen LogP contribution < -0.4 is 5.32 Å². The van der Waals surface area contributed by atoms with E-state index in [2.05, 4.69) is 10.2 Å². The molecule has 2 aromatic rings. The molecule has 8 heteroatoms. The Bertz CT molecular complexity index is 951. The van der Waals surface area contributed by atoms with Gasteiger partial charge in [-0.3, -0.25) is 4.79 Å². The predicted octanol–water partition coefficient (Wildman–Crippen LogP) is 4.47. The number of alkyl halides is 3. The van der Waals surface area contributed by atoms with Crippen molar-refractivity contribution in [2.75, 3.05) is 26.2 Å². The average molecular weight is 417 g/mol. The zero-order chi connectivity index (χ0) is 21.6. The zero-order valence-electron chi connectivity index (χ0n) is 16.3. The Labute approximate surface area is 172 Å². The first-order chi connectivity index (χ1) is 14.4. The number of halogens is 3. The highest BCUT2D eigenvalue weighted by Crippen LogP contribution is 2.32. The van der Waals surface area contributed by atoms with Crippen LogP contribution in [-0.4, -0.2) is 37.0 Å². The molecule has 0 atom stereocenters. The molecule has 30 heavy (non-hydrogen) atoms. The first-order valence-electron chi connectivity index (χ1n) is 9.76. The van der Waals surface area contributed by atoms with Crippen LogP contribution in [0.1, 0.15) is 30.6 Å². The summed E-state index contributed by atoms with van der Waals surface area (Å²) >= 11 is 0. The van der Waals surface area contributed by atoms with Gasteiger partial charge in [0.15, 0.2) is 0 Å². The second-order valence-corrected chi connectivity index (χ2v) is 7.11. The molecule has 158 valence electrons. The van der Waals surface area contributed by atoms with Crippen molar-refractivity contribution in [2.45, 2.75) is 25.4 Å². The Balaban J connectivity index is 1.64. The van der Waals surface area contributed by atoms with E-state index in [9.17, 15) is 23.2 Å². The minimum atomic E-state index is -4.45. The van der Waals surface area contributed by atoms with Gasteiger partial charge in [0.2, 0.25) is 0 Å². The maximum Gasteiger partial charge on any atom is 0.416 e. The Morgan fingerprint density at radius 3 is 2.67 bits per heavy atom. The van der Waals surface area contributed by atoms with Gasteiger partial charge in [0.1, 0.15) is 23.2 Å². The fourth-order valence-corrected chi connectivity index (χ4v) is 3.33. The summed E-state index contributed by atoms with van der Waals surface area (Å²) in [5, 5.41) is 12.0. The standard InChI is InChI=1S/C22H22F3N3O2/c23-22(24,25)18-6-4-5-16(13-18)20-8-7-19(30-20)14-17(15-26)21(29)27-9-12-28-10-2-1-3-11-28/h4-8,13-14H,1-3,9-12H2,(H,27,29)/b17-14-. The number of amides is 1. The molecule has 1 N–H and O–H groups in total. The van der Waals surface area contributed by atoms with E-state index in [0.29, 0.717) is 6.54 Å². The van der Waals surface area contributed by atoms with Crippen LogP contribution in [0.15, 0.2) is 46.4 Å². The van der Waals surface area contributed by atoms with Crippen molar-refractivity contribution in [1.82, 2.24) is 10.2 Å². The minimum Gasteiger partial charge on any atom is -0.457 e. The van der Waals surface area contributed by atoms with Crippen molar-refractivity contribution >= 4 is 12.0 Å². The minimum absolute atomic E-state index is 0.126. The van der Waals surface area contributed by atoms with Gasteiger partial charge in [0.05, 0.1) is 5.56 Å². The second-order valence-electron chi connectivity index (χ2n) is 7.11. The SMILES string of the molecule is N#C/C(=C/c1ccc(-c2cccc(C(F)(F)F)c2)o1)C(=O)NCCN1CCCCC1. The molecule has 3 rings (SSSR count). The maximum absolute atomic E-state index is 12.9. The van der Waals surface area contributed by atoms with E-state index in [-0.39, 0.29) is 22.7 Å². The van der Waals surface area contributed by atoms with Crippen molar-refractivity contribution in [3.8, 4) is 17.4 Å². The number of benzene rings is 1. The lowest BCUT2D eigenvalue weighted by atomic mass is 10.1. The maximum atomic E-state index is 12.9. The van der Waals surface area contributed by atoms with Gasteiger partial charge in [0.25, 0.3) is 5.91 Å². The molecule has 5 nitrogen and oxygen atoms in total. The van der Waals surface area contributed by atoms with Gasteiger partial charge in [-0.2, -0.15) is 18.4 Å². The van der Waals surface area contributed by atoms with Gasteiger partial charge >= 0.3 is 6.18 Å². The number of rotatable bonds is 6. The summed E-state index contributed by atoms with van der Waals surface area (Å²) in [6, 6.07) is 9.63. The van der Waals surface area contributed by atoms with Crippen LogP contribution in [-0.2, 0) is 11.0 Å².